The van der Waals surface area contributed by atoms with Crippen LogP contribution in [0.25, 0.3) is 17.2 Å². The molecule has 180 valence electrons. The SMILES string of the molecule is CC1(c2ccc(F)cc2)C(=O)Nc2nc(-c3cn4c(Cl)cnc4c(CCC(F)(F)F)n3)nc(N)c21. The molecular weight excluding hydrogens is 490 g/mol. The van der Waals surface area contributed by atoms with Gasteiger partial charge >= 0.3 is 6.18 Å². The zero-order chi connectivity index (χ0) is 25.1. The fraction of sp³-hybridized carbons (Fsp3) is 0.227. The lowest BCUT2D eigenvalue weighted by molar-refractivity contribution is -0.134. The number of alkyl halides is 3. The summed E-state index contributed by atoms with van der Waals surface area (Å²) in [4.78, 5) is 30.0. The predicted molar refractivity (Wildman–Crippen MR) is 119 cm³/mol. The lowest BCUT2D eigenvalue weighted by Crippen LogP contribution is -2.33. The first-order valence-electron chi connectivity index (χ1n) is 10.3. The molecular formula is C22H16ClF4N7O. The molecule has 1 aromatic carbocycles. The van der Waals surface area contributed by atoms with Gasteiger partial charge in [-0.1, -0.05) is 23.7 Å². The summed E-state index contributed by atoms with van der Waals surface area (Å²) >= 11 is 6.16. The van der Waals surface area contributed by atoms with Crippen LogP contribution >= 0.6 is 11.6 Å². The quantitative estimate of drug-likeness (QED) is 0.400. The van der Waals surface area contributed by atoms with Crippen molar-refractivity contribution in [2.24, 2.45) is 0 Å². The Balaban J connectivity index is 1.63. The van der Waals surface area contributed by atoms with Gasteiger partial charge in [0.25, 0.3) is 0 Å². The zero-order valence-corrected chi connectivity index (χ0v) is 18.7. The van der Waals surface area contributed by atoms with Crippen LogP contribution < -0.4 is 11.1 Å². The molecule has 5 rings (SSSR count). The lowest BCUT2D eigenvalue weighted by Gasteiger charge is -2.23. The van der Waals surface area contributed by atoms with E-state index >= 15 is 0 Å². The second-order valence-electron chi connectivity index (χ2n) is 8.20. The minimum absolute atomic E-state index is 0.0233. The van der Waals surface area contributed by atoms with Crippen LogP contribution in [-0.4, -0.2) is 36.4 Å². The van der Waals surface area contributed by atoms with Gasteiger partial charge in [-0.2, -0.15) is 13.2 Å². The van der Waals surface area contributed by atoms with E-state index in [0.29, 0.717) is 11.1 Å². The number of benzene rings is 1. The average Bonchev–Trinajstić information content (AvgIpc) is 3.29. The van der Waals surface area contributed by atoms with Crippen LogP contribution in [0.15, 0.2) is 36.7 Å². The topological polar surface area (TPSA) is 111 Å². The van der Waals surface area contributed by atoms with Crippen LogP contribution in [0.3, 0.4) is 0 Å². The summed E-state index contributed by atoms with van der Waals surface area (Å²) in [5.41, 5.74) is 6.07. The number of aryl methyl sites for hydroxylation is 1. The van der Waals surface area contributed by atoms with E-state index in [-0.39, 0.29) is 39.6 Å². The van der Waals surface area contributed by atoms with Crippen molar-refractivity contribution in [3.63, 3.8) is 0 Å². The van der Waals surface area contributed by atoms with Crippen LogP contribution in [0.5, 0.6) is 0 Å². The molecule has 0 saturated heterocycles. The Morgan fingerprint density at radius 2 is 1.89 bits per heavy atom. The van der Waals surface area contributed by atoms with Crippen molar-refractivity contribution in [1.29, 1.82) is 0 Å². The number of carbonyl (C=O) groups excluding carboxylic acids is 1. The molecule has 13 heteroatoms. The summed E-state index contributed by atoms with van der Waals surface area (Å²) < 4.78 is 53.4. The van der Waals surface area contributed by atoms with Crippen LogP contribution in [0.4, 0.5) is 29.2 Å². The van der Waals surface area contributed by atoms with Gasteiger partial charge in [0.1, 0.15) is 33.7 Å². The molecule has 3 aromatic heterocycles. The van der Waals surface area contributed by atoms with E-state index in [0.717, 1.165) is 0 Å². The minimum atomic E-state index is -4.39. The molecule has 4 heterocycles. The highest BCUT2D eigenvalue weighted by Crippen LogP contribution is 2.45. The van der Waals surface area contributed by atoms with Crippen molar-refractivity contribution >= 4 is 34.8 Å². The minimum Gasteiger partial charge on any atom is -0.383 e. The lowest BCUT2D eigenvalue weighted by atomic mass is 9.78. The van der Waals surface area contributed by atoms with Crippen molar-refractivity contribution < 1.29 is 22.4 Å². The molecule has 1 unspecified atom stereocenters. The summed E-state index contributed by atoms with van der Waals surface area (Å²) in [7, 11) is 0. The predicted octanol–water partition coefficient (Wildman–Crippen LogP) is 4.31. The standard InChI is InChI=1S/C22H16ClF4N7O/c1-21(10-2-4-11(24)5-3-10)15-16(28)31-17(32-18(15)33-20(21)35)13-9-34-14(23)8-29-19(34)12(30-13)6-7-22(25,26)27/h2-5,8-9H,6-7H2,1H3,(H3,28,31,32,33,35). The molecule has 1 aliphatic heterocycles. The summed E-state index contributed by atoms with van der Waals surface area (Å²) in [6, 6.07) is 5.41. The third-order valence-corrected chi connectivity index (χ3v) is 6.22. The molecule has 0 saturated carbocycles. The summed E-state index contributed by atoms with van der Waals surface area (Å²) in [6.45, 7) is 1.62. The molecule has 0 bridgehead atoms. The van der Waals surface area contributed by atoms with Crippen molar-refractivity contribution in [2.45, 2.75) is 31.4 Å². The largest absolute Gasteiger partial charge is 0.389 e. The van der Waals surface area contributed by atoms with Gasteiger partial charge in [-0.05, 0) is 24.6 Å². The number of hydrogen-bond acceptors (Lipinski definition) is 6. The molecule has 4 aromatic rings. The van der Waals surface area contributed by atoms with Gasteiger partial charge < -0.3 is 11.1 Å². The van der Waals surface area contributed by atoms with E-state index in [1.54, 1.807) is 6.92 Å². The van der Waals surface area contributed by atoms with Crippen LogP contribution in [0, 0.1) is 5.82 Å². The number of imidazole rings is 1. The Labute approximate surface area is 200 Å². The van der Waals surface area contributed by atoms with Crippen LogP contribution in [-0.2, 0) is 16.6 Å². The first kappa shape index (κ1) is 23.0. The van der Waals surface area contributed by atoms with Crippen molar-refractivity contribution in [3.05, 3.63) is 64.5 Å². The van der Waals surface area contributed by atoms with Crippen molar-refractivity contribution in [1.82, 2.24) is 24.3 Å². The Morgan fingerprint density at radius 1 is 1.17 bits per heavy atom. The van der Waals surface area contributed by atoms with Gasteiger partial charge in [-0.15, -0.1) is 0 Å². The fourth-order valence-corrected chi connectivity index (χ4v) is 4.32. The van der Waals surface area contributed by atoms with E-state index in [4.69, 9.17) is 17.3 Å². The number of halogens is 5. The number of nitrogen functional groups attached to an aromatic ring is 1. The van der Waals surface area contributed by atoms with Gasteiger partial charge in [0.05, 0.1) is 17.5 Å². The first-order valence-corrected chi connectivity index (χ1v) is 10.7. The van der Waals surface area contributed by atoms with E-state index in [9.17, 15) is 22.4 Å². The number of amides is 1. The molecule has 1 atom stereocenters. The van der Waals surface area contributed by atoms with Gasteiger partial charge in [0.15, 0.2) is 11.5 Å². The molecule has 0 spiro atoms. The zero-order valence-electron chi connectivity index (χ0n) is 18.0. The number of fused-ring (bicyclic) bond motifs is 2. The highest BCUT2D eigenvalue weighted by atomic mass is 35.5. The molecule has 1 aliphatic rings. The summed E-state index contributed by atoms with van der Waals surface area (Å²) in [5.74, 6) is -0.837. The highest BCUT2D eigenvalue weighted by molar-refractivity contribution is 6.29. The number of anilines is 2. The second-order valence-corrected chi connectivity index (χ2v) is 8.59. The van der Waals surface area contributed by atoms with E-state index in [1.165, 1.54) is 41.1 Å². The smallest absolute Gasteiger partial charge is 0.383 e. The number of carbonyl (C=O) groups is 1. The van der Waals surface area contributed by atoms with Crippen LogP contribution in [0.1, 0.15) is 30.2 Å². The number of nitrogens with zero attached hydrogens (tertiary/aromatic N) is 5. The van der Waals surface area contributed by atoms with Gasteiger partial charge in [-0.3, -0.25) is 9.20 Å². The molecule has 1 amide bonds. The maximum atomic E-state index is 13.4. The van der Waals surface area contributed by atoms with E-state index in [1.807, 2.05) is 0 Å². The monoisotopic (exact) mass is 505 g/mol. The average molecular weight is 506 g/mol. The fourth-order valence-electron chi connectivity index (χ4n) is 4.14. The molecule has 0 radical (unpaired) electrons. The number of nitrogens with one attached hydrogen (secondary N) is 1. The molecule has 35 heavy (non-hydrogen) atoms. The number of rotatable bonds is 4. The maximum Gasteiger partial charge on any atom is 0.389 e. The first-order chi connectivity index (χ1) is 16.5. The van der Waals surface area contributed by atoms with Crippen molar-refractivity contribution in [3.8, 4) is 11.5 Å². The third-order valence-electron chi connectivity index (χ3n) is 5.94. The van der Waals surface area contributed by atoms with Gasteiger partial charge in [0.2, 0.25) is 5.91 Å². The third kappa shape index (κ3) is 3.83. The van der Waals surface area contributed by atoms with E-state index in [2.05, 4.69) is 25.3 Å². The Morgan fingerprint density at radius 3 is 2.57 bits per heavy atom. The second kappa shape index (κ2) is 7.87. The Bertz CT molecular complexity index is 1490. The number of aromatic nitrogens is 5. The maximum absolute atomic E-state index is 13.4. The number of nitrogens with two attached hydrogens (primary N) is 1. The summed E-state index contributed by atoms with van der Waals surface area (Å²) in [6.07, 6.45) is -3.21. The van der Waals surface area contributed by atoms with Gasteiger partial charge in [-0.25, -0.2) is 24.3 Å². The number of hydrogen-bond donors (Lipinski definition) is 2. The van der Waals surface area contributed by atoms with Gasteiger partial charge in [0, 0.05) is 19.0 Å². The van der Waals surface area contributed by atoms with Crippen LogP contribution in [0.2, 0.25) is 5.15 Å². The Hall–Kier alpha value is -3.80. The molecule has 0 fully saturated rings. The Kier molecular flexibility index (Phi) is 5.16. The van der Waals surface area contributed by atoms with Crippen molar-refractivity contribution in [2.75, 3.05) is 11.1 Å². The normalized spacial score (nSPS) is 17.6. The van der Waals surface area contributed by atoms with E-state index < -0.39 is 36.2 Å². The molecule has 0 aliphatic carbocycles. The summed E-state index contributed by atoms with van der Waals surface area (Å²) in [5, 5.41) is 2.83. The highest BCUT2D eigenvalue weighted by Gasteiger charge is 2.47. The molecule has 8 nitrogen and oxygen atoms in total. The molecule has 3 N–H and O–H groups in total.